The van der Waals surface area contributed by atoms with Crippen molar-refractivity contribution >= 4 is 46.5 Å². The van der Waals surface area contributed by atoms with Crippen LogP contribution >= 0.6 is 23.2 Å². The summed E-state index contributed by atoms with van der Waals surface area (Å²) < 4.78 is 21.3. The maximum Gasteiger partial charge on any atom is 0.247 e. The minimum Gasteiger partial charge on any atom is -0.495 e. The molecule has 0 saturated carbocycles. The number of halogens is 2. The minimum absolute atomic E-state index is 0.122. The predicted molar refractivity (Wildman–Crippen MR) is 154 cm³/mol. The largest absolute Gasteiger partial charge is 0.495 e. The summed E-state index contributed by atoms with van der Waals surface area (Å²) in [5.74, 6) is 0.934. The van der Waals surface area contributed by atoms with Crippen LogP contribution in [0.5, 0.6) is 17.2 Å². The van der Waals surface area contributed by atoms with Gasteiger partial charge in [-0.15, -0.1) is 0 Å². The second-order valence-electron chi connectivity index (χ2n) is 8.42. The average molecular weight is 589 g/mol. The van der Waals surface area contributed by atoms with Crippen LogP contribution in [0.25, 0.3) is 0 Å². The van der Waals surface area contributed by atoms with Gasteiger partial charge in [0.2, 0.25) is 11.8 Å². The van der Waals surface area contributed by atoms with Crippen LogP contribution in [0.1, 0.15) is 16.8 Å². The summed E-state index contributed by atoms with van der Waals surface area (Å²) in [6.07, 6.45) is 2.77. The summed E-state index contributed by atoms with van der Waals surface area (Å²) >= 11 is 12.9. The molecule has 1 N–H and O–H groups in total. The number of carbonyl (C=O) groups excluding carboxylic acids is 2. The van der Waals surface area contributed by atoms with E-state index in [-0.39, 0.29) is 28.3 Å². The van der Waals surface area contributed by atoms with Crippen LogP contribution in [0.2, 0.25) is 10.0 Å². The lowest BCUT2D eigenvalue weighted by Crippen LogP contribution is -2.29. The molecule has 0 fully saturated rings. The van der Waals surface area contributed by atoms with Gasteiger partial charge in [0.1, 0.15) is 36.0 Å². The molecule has 3 rings (SSSR count). The summed E-state index contributed by atoms with van der Waals surface area (Å²) in [5, 5.41) is 3.25. The highest BCUT2D eigenvalue weighted by Gasteiger charge is 2.22. The van der Waals surface area contributed by atoms with E-state index in [0.717, 1.165) is 5.56 Å². The first-order chi connectivity index (χ1) is 19.2. The van der Waals surface area contributed by atoms with Crippen molar-refractivity contribution in [1.29, 1.82) is 0 Å². The first-order valence-electron chi connectivity index (χ1n) is 12.1. The molecule has 0 aliphatic heterocycles. The highest BCUT2D eigenvalue weighted by Crippen LogP contribution is 2.40. The number of hydrogen-bond donors (Lipinski definition) is 1. The van der Waals surface area contributed by atoms with E-state index in [1.54, 1.807) is 38.4 Å². The van der Waals surface area contributed by atoms with Gasteiger partial charge in [-0.05, 0) is 17.7 Å². The van der Waals surface area contributed by atoms with E-state index in [9.17, 15) is 9.59 Å². The number of nitrogens with zero attached hydrogens (tertiary/aromatic N) is 3. The first kappa shape index (κ1) is 30.7. The summed E-state index contributed by atoms with van der Waals surface area (Å²) in [6, 6.07) is 8.60. The maximum absolute atomic E-state index is 13.2. The fourth-order valence-corrected chi connectivity index (χ4v) is 4.33. The molecule has 0 spiro atoms. The maximum atomic E-state index is 13.2. The predicted octanol–water partition coefficient (Wildman–Crippen LogP) is 4.75. The molecule has 0 unspecified atom stereocenters. The Morgan fingerprint density at radius 1 is 1.02 bits per heavy atom. The van der Waals surface area contributed by atoms with E-state index in [2.05, 4.69) is 21.9 Å². The third kappa shape index (κ3) is 7.62. The number of rotatable bonds is 13. The molecule has 0 saturated heterocycles. The Balaban J connectivity index is 1.83. The van der Waals surface area contributed by atoms with Crippen LogP contribution in [-0.4, -0.2) is 63.4 Å². The molecule has 0 radical (unpaired) electrons. The van der Waals surface area contributed by atoms with Crippen LogP contribution in [-0.2, 0) is 27.2 Å². The van der Waals surface area contributed by atoms with Crippen LogP contribution in [0.3, 0.4) is 0 Å². The van der Waals surface area contributed by atoms with Gasteiger partial charge in [0, 0.05) is 50.0 Å². The van der Waals surface area contributed by atoms with Crippen LogP contribution in [0.4, 0.5) is 11.5 Å². The SMILES string of the molecule is C=CC(=O)Nc1cc(OCCOC)ccc1Cc1cc(N(C)C(=O)Cc2c(Cl)c(OC)cc(OC)c2Cl)ncn1. The second kappa shape index (κ2) is 14.5. The summed E-state index contributed by atoms with van der Waals surface area (Å²) in [4.78, 5) is 35.3. The van der Waals surface area contributed by atoms with Crippen molar-refractivity contribution in [2.45, 2.75) is 12.8 Å². The second-order valence-corrected chi connectivity index (χ2v) is 9.17. The Kier molecular flexibility index (Phi) is 11.1. The number of anilines is 2. The Labute approximate surface area is 242 Å². The van der Waals surface area contributed by atoms with Crippen molar-refractivity contribution < 1.29 is 28.5 Å². The van der Waals surface area contributed by atoms with Gasteiger partial charge in [-0.3, -0.25) is 14.5 Å². The van der Waals surface area contributed by atoms with Gasteiger partial charge < -0.3 is 24.3 Å². The van der Waals surface area contributed by atoms with Gasteiger partial charge in [0.25, 0.3) is 0 Å². The molecule has 2 aromatic carbocycles. The molecule has 212 valence electrons. The highest BCUT2D eigenvalue weighted by atomic mass is 35.5. The van der Waals surface area contributed by atoms with E-state index in [0.29, 0.717) is 59.6 Å². The number of likely N-dealkylation sites (N-methyl/N-ethyl adjacent to an activating group) is 1. The van der Waals surface area contributed by atoms with Crippen molar-refractivity contribution in [3.63, 3.8) is 0 Å². The van der Waals surface area contributed by atoms with Gasteiger partial charge in [-0.25, -0.2) is 9.97 Å². The quantitative estimate of drug-likeness (QED) is 0.225. The lowest BCUT2D eigenvalue weighted by molar-refractivity contribution is -0.117. The molecule has 0 atom stereocenters. The molecule has 10 nitrogen and oxygen atoms in total. The number of ether oxygens (including phenoxy) is 4. The summed E-state index contributed by atoms with van der Waals surface area (Å²) in [5.41, 5.74) is 2.31. The molecule has 1 heterocycles. The standard InChI is InChI=1S/C28H30Cl2N4O6/c1-6-25(35)33-21-13-19(40-10-9-37-3)8-7-17(21)11-18-12-24(32-16-31-18)34(2)26(36)14-20-27(29)22(38-4)15-23(39-5)28(20)30/h6-8,12-13,15-16H,1,9-11,14H2,2-5H3,(H,33,35). The number of nitrogens with one attached hydrogen (secondary N) is 1. The minimum atomic E-state index is -0.365. The fourth-order valence-electron chi connectivity index (χ4n) is 3.69. The van der Waals surface area contributed by atoms with Gasteiger partial charge >= 0.3 is 0 Å². The van der Waals surface area contributed by atoms with Crippen LogP contribution in [0, 0.1) is 0 Å². The normalized spacial score (nSPS) is 10.6. The molecule has 12 heteroatoms. The molecule has 3 aromatic rings. The van der Waals surface area contributed by atoms with Crippen molar-refractivity contribution in [3.8, 4) is 17.2 Å². The van der Waals surface area contributed by atoms with E-state index < -0.39 is 0 Å². The monoisotopic (exact) mass is 588 g/mol. The zero-order valence-corrected chi connectivity index (χ0v) is 24.1. The van der Waals surface area contributed by atoms with E-state index in [1.165, 1.54) is 31.5 Å². The molecule has 0 bridgehead atoms. The zero-order chi connectivity index (χ0) is 29.2. The summed E-state index contributed by atoms with van der Waals surface area (Å²) in [6.45, 7) is 4.30. The molecule has 0 aliphatic carbocycles. The van der Waals surface area contributed by atoms with E-state index in [1.807, 2.05) is 6.07 Å². The van der Waals surface area contributed by atoms with E-state index >= 15 is 0 Å². The first-order valence-corrected chi connectivity index (χ1v) is 12.8. The van der Waals surface area contributed by atoms with Crippen molar-refractivity contribution in [2.75, 3.05) is 51.8 Å². The Morgan fingerprint density at radius 2 is 1.73 bits per heavy atom. The van der Waals surface area contributed by atoms with E-state index in [4.69, 9.17) is 42.1 Å². The number of aromatic nitrogens is 2. The summed E-state index contributed by atoms with van der Waals surface area (Å²) in [7, 11) is 6.11. The smallest absolute Gasteiger partial charge is 0.247 e. The molecule has 1 aromatic heterocycles. The third-order valence-electron chi connectivity index (χ3n) is 5.87. The lowest BCUT2D eigenvalue weighted by atomic mass is 10.1. The molecular weight excluding hydrogens is 559 g/mol. The molecule has 2 amide bonds. The third-order valence-corrected chi connectivity index (χ3v) is 6.70. The van der Waals surface area contributed by atoms with Gasteiger partial charge in [0.05, 0.1) is 43.0 Å². The van der Waals surface area contributed by atoms with Crippen molar-refractivity contribution in [2.24, 2.45) is 0 Å². The zero-order valence-electron chi connectivity index (χ0n) is 22.6. The topological polar surface area (TPSA) is 112 Å². The molecule has 40 heavy (non-hydrogen) atoms. The Hall–Kier alpha value is -3.86. The fraction of sp³-hybridized carbons (Fsp3) is 0.286. The number of benzene rings is 2. The van der Waals surface area contributed by atoms with Crippen LogP contribution in [0.15, 0.2) is 49.3 Å². The average Bonchev–Trinajstić information content (AvgIpc) is 2.96. The number of methoxy groups -OCH3 is 3. The molecular formula is C28H30Cl2N4O6. The van der Waals surface area contributed by atoms with Crippen LogP contribution < -0.4 is 24.4 Å². The Morgan fingerprint density at radius 3 is 2.35 bits per heavy atom. The van der Waals surface area contributed by atoms with Gasteiger partial charge in [-0.1, -0.05) is 35.8 Å². The van der Waals surface area contributed by atoms with Gasteiger partial charge in [0.15, 0.2) is 0 Å². The highest BCUT2D eigenvalue weighted by molar-refractivity contribution is 6.38. The number of amides is 2. The number of carbonyl (C=O) groups is 2. The Bertz CT molecular complexity index is 1360. The van der Waals surface area contributed by atoms with Crippen molar-refractivity contribution in [1.82, 2.24) is 9.97 Å². The van der Waals surface area contributed by atoms with Gasteiger partial charge in [-0.2, -0.15) is 0 Å². The number of hydrogen-bond acceptors (Lipinski definition) is 8. The molecule has 0 aliphatic rings. The van der Waals surface area contributed by atoms with Crippen molar-refractivity contribution in [3.05, 3.63) is 76.2 Å². The lowest BCUT2D eigenvalue weighted by Gasteiger charge is -2.19.